The van der Waals surface area contributed by atoms with Crippen LogP contribution in [0.5, 0.6) is 11.5 Å². The van der Waals surface area contributed by atoms with Crippen LogP contribution in [0.4, 0.5) is 5.69 Å². The predicted octanol–water partition coefficient (Wildman–Crippen LogP) is 3.54. The van der Waals surface area contributed by atoms with Gasteiger partial charge in [-0.1, -0.05) is 18.2 Å². The molecule has 31 heavy (non-hydrogen) atoms. The monoisotopic (exact) mass is 422 g/mol. The minimum Gasteiger partial charge on any atom is -0.493 e. The Morgan fingerprint density at radius 3 is 2.61 bits per heavy atom. The third kappa shape index (κ3) is 5.08. The van der Waals surface area contributed by atoms with E-state index in [1.807, 2.05) is 24.5 Å². The molecule has 3 aromatic rings. The second-order valence-corrected chi connectivity index (χ2v) is 6.67. The van der Waals surface area contributed by atoms with E-state index in [0.717, 1.165) is 17.0 Å². The number of nitro benzene ring substituents is 1. The molecule has 1 amide bonds. The Balaban J connectivity index is 1.66. The molecule has 1 aromatic heterocycles. The van der Waals surface area contributed by atoms with Gasteiger partial charge in [-0.05, 0) is 38.1 Å². The van der Waals surface area contributed by atoms with Crippen LogP contribution in [0.3, 0.4) is 0 Å². The van der Waals surface area contributed by atoms with Crippen LogP contribution in [-0.4, -0.2) is 35.3 Å². The number of aromatic nitrogens is 1. The lowest BCUT2D eigenvalue weighted by Crippen LogP contribution is -2.24. The zero-order chi connectivity index (χ0) is 22.4. The van der Waals surface area contributed by atoms with E-state index in [9.17, 15) is 14.9 Å². The molecule has 0 aliphatic heterocycles. The molecule has 0 aliphatic carbocycles. The number of hydrazone groups is 1. The fourth-order valence-electron chi connectivity index (χ4n) is 3.15. The molecule has 0 saturated carbocycles. The molecule has 0 unspecified atom stereocenters. The van der Waals surface area contributed by atoms with Crippen molar-refractivity contribution in [1.82, 2.24) is 9.99 Å². The molecule has 3 rings (SSSR count). The number of hydrogen-bond acceptors (Lipinski definition) is 6. The lowest BCUT2D eigenvalue weighted by atomic mass is 10.2. The molecular weight excluding hydrogens is 400 g/mol. The van der Waals surface area contributed by atoms with Gasteiger partial charge < -0.3 is 14.0 Å². The smallest absolute Gasteiger partial charge is 0.277 e. The summed E-state index contributed by atoms with van der Waals surface area (Å²) in [4.78, 5) is 22.7. The Kier molecular flexibility index (Phi) is 6.66. The molecule has 0 radical (unpaired) electrons. The number of amides is 1. The number of methoxy groups -OCH3 is 1. The van der Waals surface area contributed by atoms with E-state index >= 15 is 0 Å². The Hall–Kier alpha value is -4.14. The summed E-state index contributed by atoms with van der Waals surface area (Å²) in [5, 5.41) is 15.1. The molecule has 1 heterocycles. The van der Waals surface area contributed by atoms with Crippen LogP contribution in [0.2, 0.25) is 0 Å². The van der Waals surface area contributed by atoms with Gasteiger partial charge in [0, 0.05) is 29.1 Å². The molecule has 0 aliphatic rings. The average molecular weight is 422 g/mol. The summed E-state index contributed by atoms with van der Waals surface area (Å²) in [6.45, 7) is 3.55. The predicted molar refractivity (Wildman–Crippen MR) is 116 cm³/mol. The summed E-state index contributed by atoms with van der Waals surface area (Å²) in [5.74, 6) is 0.576. The maximum atomic E-state index is 12.0. The number of nitrogens with zero attached hydrogens (tertiary/aromatic N) is 3. The topological polar surface area (TPSA) is 108 Å². The van der Waals surface area contributed by atoms with E-state index in [0.29, 0.717) is 17.2 Å². The number of para-hydroxylation sites is 2. The molecule has 0 fully saturated rings. The first-order valence-corrected chi connectivity index (χ1v) is 9.42. The maximum Gasteiger partial charge on any atom is 0.277 e. The van der Waals surface area contributed by atoms with Crippen LogP contribution in [0, 0.1) is 24.0 Å². The van der Waals surface area contributed by atoms with Crippen molar-refractivity contribution in [3.8, 4) is 17.2 Å². The molecule has 0 spiro atoms. The SMILES string of the molecule is COc1ccccc1OCC(=O)N/N=C/c1cc(C)n(-c2cccc([N+](=O)[O-])c2)c1C. The first kappa shape index (κ1) is 21.6. The van der Waals surface area contributed by atoms with Gasteiger partial charge >= 0.3 is 0 Å². The zero-order valence-electron chi connectivity index (χ0n) is 17.4. The highest BCUT2D eigenvalue weighted by Crippen LogP contribution is 2.25. The van der Waals surface area contributed by atoms with Crippen LogP contribution < -0.4 is 14.9 Å². The van der Waals surface area contributed by atoms with Gasteiger partial charge in [0.2, 0.25) is 0 Å². The second kappa shape index (κ2) is 9.57. The molecule has 0 bridgehead atoms. The first-order valence-electron chi connectivity index (χ1n) is 9.42. The number of ether oxygens (including phenoxy) is 2. The van der Waals surface area contributed by atoms with Crippen molar-refractivity contribution in [3.05, 3.63) is 81.7 Å². The van der Waals surface area contributed by atoms with E-state index in [4.69, 9.17) is 9.47 Å². The lowest BCUT2D eigenvalue weighted by molar-refractivity contribution is -0.384. The number of benzene rings is 2. The lowest BCUT2D eigenvalue weighted by Gasteiger charge is -2.09. The summed E-state index contributed by atoms with van der Waals surface area (Å²) in [6, 6.07) is 15.3. The highest BCUT2D eigenvalue weighted by atomic mass is 16.6. The summed E-state index contributed by atoms with van der Waals surface area (Å²) in [6.07, 6.45) is 1.52. The van der Waals surface area contributed by atoms with E-state index in [1.54, 1.807) is 36.4 Å². The van der Waals surface area contributed by atoms with Crippen molar-refractivity contribution in [2.45, 2.75) is 13.8 Å². The van der Waals surface area contributed by atoms with Gasteiger partial charge in [-0.2, -0.15) is 5.10 Å². The molecule has 9 nitrogen and oxygen atoms in total. The largest absolute Gasteiger partial charge is 0.493 e. The third-order valence-corrected chi connectivity index (χ3v) is 4.59. The Morgan fingerprint density at radius 2 is 1.90 bits per heavy atom. The van der Waals surface area contributed by atoms with E-state index in [2.05, 4.69) is 10.5 Å². The second-order valence-electron chi connectivity index (χ2n) is 6.67. The highest BCUT2D eigenvalue weighted by Gasteiger charge is 2.13. The van der Waals surface area contributed by atoms with Crippen LogP contribution in [0.15, 0.2) is 59.7 Å². The molecule has 160 valence electrons. The van der Waals surface area contributed by atoms with Crippen molar-refractivity contribution in [1.29, 1.82) is 0 Å². The minimum atomic E-state index is -0.428. The molecule has 1 N–H and O–H groups in total. The van der Waals surface area contributed by atoms with Crippen molar-refractivity contribution in [2.75, 3.05) is 13.7 Å². The first-order chi connectivity index (χ1) is 14.9. The van der Waals surface area contributed by atoms with Crippen LogP contribution in [0.25, 0.3) is 5.69 Å². The Morgan fingerprint density at radius 1 is 1.16 bits per heavy atom. The number of carbonyl (C=O) groups is 1. The Labute approximate surface area is 179 Å². The van der Waals surface area contributed by atoms with Gasteiger partial charge in [-0.25, -0.2) is 5.43 Å². The fourth-order valence-corrected chi connectivity index (χ4v) is 3.15. The van der Waals surface area contributed by atoms with Gasteiger partial charge in [-0.15, -0.1) is 0 Å². The maximum absolute atomic E-state index is 12.0. The number of non-ortho nitro benzene ring substituents is 1. The number of aryl methyl sites for hydroxylation is 1. The molecule has 2 aromatic carbocycles. The van der Waals surface area contributed by atoms with Crippen molar-refractivity contribution < 1.29 is 19.2 Å². The van der Waals surface area contributed by atoms with Gasteiger partial charge in [0.25, 0.3) is 11.6 Å². The van der Waals surface area contributed by atoms with Crippen LogP contribution in [-0.2, 0) is 4.79 Å². The zero-order valence-corrected chi connectivity index (χ0v) is 17.4. The normalized spacial score (nSPS) is 10.8. The average Bonchev–Trinajstić information content (AvgIpc) is 3.05. The summed E-state index contributed by atoms with van der Waals surface area (Å²) in [5.41, 5.74) is 5.61. The number of nitrogens with one attached hydrogen (secondary N) is 1. The van der Waals surface area contributed by atoms with E-state index < -0.39 is 10.8 Å². The standard InChI is InChI=1S/C22H22N4O5/c1-15-11-17(16(2)25(15)18-7-6-8-19(12-18)26(28)29)13-23-24-22(27)14-31-21-10-5-4-9-20(21)30-3/h4-13H,14H2,1-3H3,(H,24,27)/b23-13+. The number of rotatable bonds is 8. The molecule has 0 atom stereocenters. The number of hydrogen-bond donors (Lipinski definition) is 1. The summed E-state index contributed by atoms with van der Waals surface area (Å²) < 4.78 is 12.5. The van der Waals surface area contributed by atoms with Gasteiger partial charge in [0.1, 0.15) is 0 Å². The quantitative estimate of drug-likeness (QED) is 0.339. The van der Waals surface area contributed by atoms with Crippen molar-refractivity contribution >= 4 is 17.8 Å². The minimum absolute atomic E-state index is 0.0162. The number of carbonyl (C=O) groups excluding carboxylic acids is 1. The highest BCUT2D eigenvalue weighted by molar-refractivity contribution is 5.84. The number of nitro groups is 1. The van der Waals surface area contributed by atoms with Crippen molar-refractivity contribution in [2.24, 2.45) is 5.10 Å². The van der Waals surface area contributed by atoms with Crippen LogP contribution >= 0.6 is 0 Å². The molecule has 9 heteroatoms. The summed E-state index contributed by atoms with van der Waals surface area (Å²) >= 11 is 0. The van der Waals surface area contributed by atoms with E-state index in [1.165, 1.54) is 25.5 Å². The van der Waals surface area contributed by atoms with E-state index in [-0.39, 0.29) is 12.3 Å². The Bertz CT molecular complexity index is 1140. The van der Waals surface area contributed by atoms with Gasteiger partial charge in [0.15, 0.2) is 18.1 Å². The van der Waals surface area contributed by atoms with Crippen molar-refractivity contribution in [3.63, 3.8) is 0 Å². The third-order valence-electron chi connectivity index (χ3n) is 4.59. The molecular formula is C22H22N4O5. The summed E-state index contributed by atoms with van der Waals surface area (Å²) in [7, 11) is 1.52. The van der Waals surface area contributed by atoms with Gasteiger partial charge in [-0.3, -0.25) is 14.9 Å². The fraction of sp³-hybridized carbons (Fsp3) is 0.182. The molecule has 0 saturated heterocycles. The van der Waals surface area contributed by atoms with Gasteiger partial charge in [0.05, 0.1) is 23.9 Å². The van der Waals surface area contributed by atoms with Crippen LogP contribution in [0.1, 0.15) is 17.0 Å².